The van der Waals surface area contributed by atoms with Gasteiger partial charge in [0.05, 0.1) is 10.9 Å². The Kier molecular flexibility index (Phi) is 4.90. The molecule has 1 unspecified atom stereocenters. The number of nitrogens with one attached hydrogen (secondary N) is 1. The second kappa shape index (κ2) is 5.98. The Balaban J connectivity index is 2.65. The van der Waals surface area contributed by atoms with Crippen LogP contribution in [0.4, 0.5) is 4.39 Å². The molecule has 0 saturated carbocycles. The first kappa shape index (κ1) is 13.9. The lowest BCUT2D eigenvalue weighted by Gasteiger charge is -2.21. The van der Waals surface area contributed by atoms with Crippen LogP contribution in [-0.4, -0.2) is 24.3 Å². The molecule has 0 fully saturated rings. The molecule has 3 N–H and O–H groups in total. The quantitative estimate of drug-likeness (QED) is 0.629. The van der Waals surface area contributed by atoms with E-state index in [4.69, 9.17) is 22.7 Å². The van der Waals surface area contributed by atoms with Gasteiger partial charge in [-0.05, 0) is 18.7 Å². The van der Waals surface area contributed by atoms with Crippen molar-refractivity contribution >= 4 is 17.4 Å². The molecule has 0 radical (unpaired) electrons. The average Bonchev–Trinajstić information content (AvgIpc) is 2.24. The number of nitrogens with two attached hydrogens (primary N) is 1. The first-order valence-electron chi connectivity index (χ1n) is 5.37. The van der Waals surface area contributed by atoms with Gasteiger partial charge >= 0.3 is 0 Å². The summed E-state index contributed by atoms with van der Waals surface area (Å²) in [5.41, 5.74) is 6.14. The number of halogens is 2. The molecule has 17 heavy (non-hydrogen) atoms. The Morgan fingerprint density at radius 3 is 2.82 bits per heavy atom. The van der Waals surface area contributed by atoms with E-state index in [1.54, 1.807) is 12.1 Å². The van der Waals surface area contributed by atoms with Gasteiger partial charge in [0, 0.05) is 19.0 Å². The lowest BCUT2D eigenvalue weighted by Crippen LogP contribution is -2.31. The summed E-state index contributed by atoms with van der Waals surface area (Å²) in [5, 5.41) is 7.48. The van der Waals surface area contributed by atoms with Crippen LogP contribution in [0.15, 0.2) is 18.2 Å². The van der Waals surface area contributed by atoms with Crippen molar-refractivity contribution in [3.05, 3.63) is 34.6 Å². The van der Waals surface area contributed by atoms with Crippen molar-refractivity contribution in [1.82, 2.24) is 4.90 Å². The molecule has 5 heteroatoms. The van der Waals surface area contributed by atoms with Gasteiger partial charge in [0.2, 0.25) is 0 Å². The Hall–Kier alpha value is -1.13. The van der Waals surface area contributed by atoms with Gasteiger partial charge in [-0.1, -0.05) is 30.7 Å². The maximum absolute atomic E-state index is 13.2. The summed E-state index contributed by atoms with van der Waals surface area (Å²) in [5.74, 6) is -0.272. The highest BCUT2D eigenvalue weighted by molar-refractivity contribution is 6.31. The molecule has 1 atom stereocenters. The fourth-order valence-corrected chi connectivity index (χ4v) is 1.78. The third-order valence-electron chi connectivity index (χ3n) is 2.59. The Morgan fingerprint density at radius 2 is 2.24 bits per heavy atom. The van der Waals surface area contributed by atoms with E-state index in [9.17, 15) is 4.39 Å². The van der Waals surface area contributed by atoms with Crippen LogP contribution in [0, 0.1) is 17.1 Å². The number of amidine groups is 1. The summed E-state index contributed by atoms with van der Waals surface area (Å²) in [6, 6.07) is 4.77. The van der Waals surface area contributed by atoms with Crippen LogP contribution in [0.3, 0.4) is 0 Å². The molecule has 0 saturated heterocycles. The monoisotopic (exact) mass is 257 g/mol. The molecule has 1 rings (SSSR count). The SMILES string of the molecule is CC(CN(C)Cc1cccc(F)c1Cl)C(=N)N. The standard InChI is InChI=1S/C12H17ClFN3/c1-8(12(15)16)6-17(2)7-9-4-3-5-10(14)11(9)13/h3-5,8H,6-7H2,1-2H3,(H3,15,16). The molecular formula is C12H17ClFN3. The Morgan fingerprint density at radius 1 is 1.59 bits per heavy atom. The Labute approximate surface area is 106 Å². The van der Waals surface area contributed by atoms with E-state index in [-0.39, 0.29) is 16.8 Å². The fourth-order valence-electron chi connectivity index (χ4n) is 1.59. The van der Waals surface area contributed by atoms with Gasteiger partial charge in [-0.2, -0.15) is 0 Å². The molecule has 0 bridgehead atoms. The smallest absolute Gasteiger partial charge is 0.142 e. The molecule has 1 aromatic carbocycles. The molecule has 0 amide bonds. The van der Waals surface area contributed by atoms with Crippen molar-refractivity contribution in [3.8, 4) is 0 Å². The minimum absolute atomic E-state index is 0.0210. The molecule has 0 aliphatic carbocycles. The third kappa shape index (κ3) is 3.98. The summed E-state index contributed by atoms with van der Waals surface area (Å²) < 4.78 is 13.2. The molecule has 1 aromatic rings. The van der Waals surface area contributed by atoms with Crippen LogP contribution >= 0.6 is 11.6 Å². The summed E-state index contributed by atoms with van der Waals surface area (Å²) in [7, 11) is 1.89. The molecule has 0 aromatic heterocycles. The first-order valence-corrected chi connectivity index (χ1v) is 5.75. The number of rotatable bonds is 5. The van der Waals surface area contributed by atoms with E-state index < -0.39 is 5.82 Å². The van der Waals surface area contributed by atoms with Gasteiger partial charge in [-0.3, -0.25) is 5.41 Å². The number of hydrogen-bond acceptors (Lipinski definition) is 2. The molecule has 0 aliphatic heterocycles. The van der Waals surface area contributed by atoms with E-state index in [1.165, 1.54) is 6.07 Å². The summed E-state index contributed by atoms with van der Waals surface area (Å²) in [6.45, 7) is 3.06. The normalized spacial score (nSPS) is 12.8. The van der Waals surface area contributed by atoms with E-state index in [2.05, 4.69) is 0 Å². The zero-order valence-electron chi connectivity index (χ0n) is 10.0. The maximum atomic E-state index is 13.2. The van der Waals surface area contributed by atoms with Crippen LogP contribution in [0.25, 0.3) is 0 Å². The molecule has 0 heterocycles. The predicted octanol–water partition coefficient (Wildman–Crippen LogP) is 2.48. The molecule has 0 aliphatic rings. The molecule has 0 spiro atoms. The molecular weight excluding hydrogens is 241 g/mol. The summed E-state index contributed by atoms with van der Waals surface area (Å²) >= 11 is 5.87. The van der Waals surface area contributed by atoms with Gasteiger partial charge < -0.3 is 10.6 Å². The predicted molar refractivity (Wildman–Crippen MR) is 68.8 cm³/mol. The molecule has 3 nitrogen and oxygen atoms in total. The van der Waals surface area contributed by atoms with Gasteiger partial charge in [0.25, 0.3) is 0 Å². The lowest BCUT2D eigenvalue weighted by atomic mass is 10.1. The lowest BCUT2D eigenvalue weighted by molar-refractivity contribution is 0.306. The second-order valence-corrected chi connectivity index (χ2v) is 4.64. The maximum Gasteiger partial charge on any atom is 0.142 e. The van der Waals surface area contributed by atoms with Crippen LogP contribution in [-0.2, 0) is 6.54 Å². The Bertz CT molecular complexity index is 409. The van der Waals surface area contributed by atoms with E-state index in [0.717, 1.165) is 5.56 Å². The number of benzene rings is 1. The average molecular weight is 258 g/mol. The van der Waals surface area contributed by atoms with E-state index >= 15 is 0 Å². The highest BCUT2D eigenvalue weighted by Gasteiger charge is 2.12. The van der Waals surface area contributed by atoms with Crippen molar-refractivity contribution in [2.24, 2.45) is 11.7 Å². The topological polar surface area (TPSA) is 53.1 Å². The van der Waals surface area contributed by atoms with Gasteiger partial charge in [-0.25, -0.2) is 4.39 Å². The van der Waals surface area contributed by atoms with Crippen molar-refractivity contribution in [2.75, 3.05) is 13.6 Å². The largest absolute Gasteiger partial charge is 0.387 e. The van der Waals surface area contributed by atoms with Crippen LogP contribution in [0.1, 0.15) is 12.5 Å². The molecule has 94 valence electrons. The second-order valence-electron chi connectivity index (χ2n) is 4.27. The van der Waals surface area contributed by atoms with Crippen molar-refractivity contribution in [3.63, 3.8) is 0 Å². The highest BCUT2D eigenvalue weighted by Crippen LogP contribution is 2.20. The van der Waals surface area contributed by atoms with E-state index in [1.807, 2.05) is 18.9 Å². The number of hydrogen-bond donors (Lipinski definition) is 2. The minimum Gasteiger partial charge on any atom is -0.387 e. The number of nitrogens with zero attached hydrogens (tertiary/aromatic N) is 1. The van der Waals surface area contributed by atoms with Crippen molar-refractivity contribution in [1.29, 1.82) is 5.41 Å². The fraction of sp³-hybridized carbons (Fsp3) is 0.417. The summed E-state index contributed by atoms with van der Waals surface area (Å²) in [4.78, 5) is 1.96. The third-order valence-corrected chi connectivity index (χ3v) is 3.01. The van der Waals surface area contributed by atoms with Crippen molar-refractivity contribution in [2.45, 2.75) is 13.5 Å². The summed E-state index contributed by atoms with van der Waals surface area (Å²) in [6.07, 6.45) is 0. The van der Waals surface area contributed by atoms with Crippen LogP contribution in [0.2, 0.25) is 5.02 Å². The van der Waals surface area contributed by atoms with Crippen molar-refractivity contribution < 1.29 is 4.39 Å². The van der Waals surface area contributed by atoms with Gasteiger partial charge in [-0.15, -0.1) is 0 Å². The zero-order chi connectivity index (χ0) is 13.0. The van der Waals surface area contributed by atoms with Gasteiger partial charge in [0.1, 0.15) is 5.82 Å². The first-order chi connectivity index (χ1) is 7.91. The van der Waals surface area contributed by atoms with Crippen LogP contribution < -0.4 is 5.73 Å². The van der Waals surface area contributed by atoms with Crippen LogP contribution in [0.5, 0.6) is 0 Å². The van der Waals surface area contributed by atoms with E-state index in [0.29, 0.717) is 13.1 Å². The van der Waals surface area contributed by atoms with Gasteiger partial charge in [0.15, 0.2) is 0 Å². The minimum atomic E-state index is -0.405. The highest BCUT2D eigenvalue weighted by atomic mass is 35.5. The zero-order valence-corrected chi connectivity index (χ0v) is 10.8.